The van der Waals surface area contributed by atoms with Gasteiger partial charge in [-0.25, -0.2) is 0 Å². The van der Waals surface area contributed by atoms with Crippen LogP contribution < -0.4 is 11.1 Å². The molecule has 1 saturated carbocycles. The van der Waals surface area contributed by atoms with Crippen molar-refractivity contribution in [3.63, 3.8) is 0 Å². The molecule has 3 heteroatoms. The van der Waals surface area contributed by atoms with Crippen molar-refractivity contribution in [3.8, 4) is 0 Å². The third-order valence-electron chi connectivity index (χ3n) is 2.31. The van der Waals surface area contributed by atoms with Crippen molar-refractivity contribution in [2.24, 2.45) is 11.7 Å². The zero-order valence-electron chi connectivity index (χ0n) is 5.18. The largest absolute Gasteiger partial charge is 0.354 e. The normalized spacial score (nSPS) is 47.7. The average molecular weight is 126 g/mol. The zero-order chi connectivity index (χ0) is 6.48. The van der Waals surface area contributed by atoms with E-state index in [1.54, 1.807) is 0 Å². The first-order chi connectivity index (χ1) is 4.21. The number of amides is 1. The Balaban J connectivity index is 2.20. The van der Waals surface area contributed by atoms with Crippen LogP contribution in [0.25, 0.3) is 0 Å². The molecule has 2 aliphatic heterocycles. The number of piperidine rings is 2. The first kappa shape index (κ1) is 5.23. The van der Waals surface area contributed by atoms with Crippen LogP contribution in [0.1, 0.15) is 12.8 Å². The summed E-state index contributed by atoms with van der Waals surface area (Å²) in [5.41, 5.74) is 5.21. The maximum Gasteiger partial charge on any atom is 0.240 e. The van der Waals surface area contributed by atoms with Crippen LogP contribution in [-0.2, 0) is 4.79 Å². The number of hydrogen-bond donors (Lipinski definition) is 2. The van der Waals surface area contributed by atoms with Gasteiger partial charge in [-0.15, -0.1) is 0 Å². The topological polar surface area (TPSA) is 55.1 Å². The molecule has 0 aromatic heterocycles. The van der Waals surface area contributed by atoms with E-state index in [9.17, 15) is 4.79 Å². The highest BCUT2D eigenvalue weighted by molar-refractivity contribution is 5.88. The average Bonchev–Trinajstić information content (AvgIpc) is 1.73. The highest BCUT2D eigenvalue weighted by Crippen LogP contribution is 2.38. The molecule has 0 radical (unpaired) electrons. The SMILES string of the molecule is NC12CC(CNC1=O)C2. The number of carbonyl (C=O) groups excluding carboxylic acids is 1. The summed E-state index contributed by atoms with van der Waals surface area (Å²) in [6.45, 7) is 0.845. The molecule has 50 valence electrons. The molecule has 2 bridgehead atoms. The summed E-state index contributed by atoms with van der Waals surface area (Å²) in [4.78, 5) is 10.9. The summed E-state index contributed by atoms with van der Waals surface area (Å²) in [5.74, 6) is 0.720. The van der Waals surface area contributed by atoms with Gasteiger partial charge in [0.25, 0.3) is 0 Å². The van der Waals surface area contributed by atoms with Gasteiger partial charge in [-0.3, -0.25) is 4.79 Å². The van der Waals surface area contributed by atoms with E-state index in [1.165, 1.54) is 0 Å². The van der Waals surface area contributed by atoms with E-state index in [4.69, 9.17) is 5.73 Å². The maximum atomic E-state index is 10.9. The fraction of sp³-hybridized carbons (Fsp3) is 0.833. The highest BCUT2D eigenvalue weighted by atomic mass is 16.2. The first-order valence-electron chi connectivity index (χ1n) is 3.28. The molecule has 0 atom stereocenters. The van der Waals surface area contributed by atoms with Crippen molar-refractivity contribution < 1.29 is 4.79 Å². The van der Waals surface area contributed by atoms with Crippen molar-refractivity contribution in [2.45, 2.75) is 18.4 Å². The fourth-order valence-corrected chi connectivity index (χ4v) is 1.71. The van der Waals surface area contributed by atoms with Gasteiger partial charge in [0, 0.05) is 6.54 Å². The minimum Gasteiger partial charge on any atom is -0.354 e. The van der Waals surface area contributed by atoms with E-state index in [0.717, 1.165) is 19.4 Å². The molecule has 0 spiro atoms. The van der Waals surface area contributed by atoms with Gasteiger partial charge in [-0.2, -0.15) is 0 Å². The van der Waals surface area contributed by atoms with E-state index in [2.05, 4.69) is 5.32 Å². The standard InChI is InChI=1S/C6H10N2O/c7-6-1-4(2-6)3-8-5(6)9/h4H,1-3,7H2,(H,8,9). The summed E-state index contributed by atoms with van der Waals surface area (Å²) < 4.78 is 0. The van der Waals surface area contributed by atoms with E-state index in [-0.39, 0.29) is 5.91 Å². The molecule has 1 amide bonds. The quantitative estimate of drug-likeness (QED) is 0.447. The molecular weight excluding hydrogens is 116 g/mol. The predicted octanol–water partition coefficient (Wildman–Crippen LogP) is -0.776. The molecule has 3 rings (SSSR count). The Kier molecular flexibility index (Phi) is 0.750. The molecule has 0 aromatic rings. The maximum absolute atomic E-state index is 10.9. The Morgan fingerprint density at radius 1 is 1.67 bits per heavy atom. The molecule has 0 unspecified atom stereocenters. The number of hydrogen-bond acceptors (Lipinski definition) is 2. The van der Waals surface area contributed by atoms with Gasteiger partial charge < -0.3 is 11.1 Å². The molecule has 3 fully saturated rings. The van der Waals surface area contributed by atoms with Crippen LogP contribution in [0.4, 0.5) is 0 Å². The van der Waals surface area contributed by atoms with Gasteiger partial charge in [0.15, 0.2) is 0 Å². The van der Waals surface area contributed by atoms with Gasteiger partial charge in [-0.1, -0.05) is 0 Å². The van der Waals surface area contributed by atoms with Crippen LogP contribution in [-0.4, -0.2) is 18.0 Å². The molecule has 2 saturated heterocycles. The first-order valence-corrected chi connectivity index (χ1v) is 3.28. The van der Waals surface area contributed by atoms with E-state index in [0.29, 0.717) is 5.92 Å². The van der Waals surface area contributed by atoms with Crippen LogP contribution in [0.2, 0.25) is 0 Å². The lowest BCUT2D eigenvalue weighted by Gasteiger charge is -2.48. The number of nitrogens with one attached hydrogen (secondary N) is 1. The van der Waals surface area contributed by atoms with Gasteiger partial charge in [0.1, 0.15) is 0 Å². The summed E-state index contributed by atoms with van der Waals surface area (Å²) in [5, 5.41) is 2.76. The monoisotopic (exact) mass is 126 g/mol. The van der Waals surface area contributed by atoms with Crippen LogP contribution in [0.5, 0.6) is 0 Å². The van der Waals surface area contributed by atoms with Crippen LogP contribution in [0.15, 0.2) is 0 Å². The van der Waals surface area contributed by atoms with Crippen LogP contribution in [0, 0.1) is 5.92 Å². The van der Waals surface area contributed by atoms with Gasteiger partial charge >= 0.3 is 0 Å². The molecular formula is C6H10N2O. The lowest BCUT2D eigenvalue weighted by molar-refractivity contribution is -0.136. The minimum absolute atomic E-state index is 0.0463. The van der Waals surface area contributed by atoms with Crippen LogP contribution >= 0.6 is 0 Å². The minimum atomic E-state index is -0.469. The number of rotatable bonds is 0. The Morgan fingerprint density at radius 2 is 2.33 bits per heavy atom. The lowest BCUT2D eigenvalue weighted by atomic mass is 9.65. The number of fused-ring (bicyclic) bond motifs is 2. The third-order valence-corrected chi connectivity index (χ3v) is 2.31. The molecule has 3 aliphatic rings. The Hall–Kier alpha value is -0.570. The molecule has 0 aromatic carbocycles. The predicted molar refractivity (Wildman–Crippen MR) is 32.7 cm³/mol. The van der Waals surface area contributed by atoms with Gasteiger partial charge in [0.05, 0.1) is 5.54 Å². The van der Waals surface area contributed by atoms with E-state index in [1.807, 2.05) is 0 Å². The second kappa shape index (κ2) is 1.29. The number of nitrogens with two attached hydrogens (primary N) is 1. The fourth-order valence-electron chi connectivity index (χ4n) is 1.71. The molecule has 3 nitrogen and oxygen atoms in total. The molecule has 9 heavy (non-hydrogen) atoms. The lowest BCUT2D eigenvalue weighted by Crippen LogP contribution is -2.68. The Morgan fingerprint density at radius 3 is 2.67 bits per heavy atom. The summed E-state index contributed by atoms with van der Waals surface area (Å²) in [6.07, 6.45) is 1.80. The summed E-state index contributed by atoms with van der Waals surface area (Å²) >= 11 is 0. The second-order valence-corrected chi connectivity index (χ2v) is 3.14. The van der Waals surface area contributed by atoms with Crippen molar-refractivity contribution in [1.29, 1.82) is 0 Å². The summed E-state index contributed by atoms with van der Waals surface area (Å²) in [6, 6.07) is 0. The molecule has 3 N–H and O–H groups in total. The van der Waals surface area contributed by atoms with Gasteiger partial charge in [-0.05, 0) is 18.8 Å². The van der Waals surface area contributed by atoms with Crippen LogP contribution in [0.3, 0.4) is 0 Å². The van der Waals surface area contributed by atoms with Crippen molar-refractivity contribution >= 4 is 5.91 Å². The second-order valence-electron chi connectivity index (χ2n) is 3.14. The van der Waals surface area contributed by atoms with Crippen molar-refractivity contribution in [3.05, 3.63) is 0 Å². The Labute approximate surface area is 53.6 Å². The summed E-state index contributed by atoms with van der Waals surface area (Å²) in [7, 11) is 0. The van der Waals surface area contributed by atoms with E-state index >= 15 is 0 Å². The highest BCUT2D eigenvalue weighted by Gasteiger charge is 2.50. The van der Waals surface area contributed by atoms with E-state index < -0.39 is 5.54 Å². The van der Waals surface area contributed by atoms with Crippen molar-refractivity contribution in [2.75, 3.05) is 6.54 Å². The van der Waals surface area contributed by atoms with Crippen molar-refractivity contribution in [1.82, 2.24) is 5.32 Å². The number of carbonyl (C=O) groups is 1. The molecule has 2 heterocycles. The zero-order valence-corrected chi connectivity index (χ0v) is 5.18. The smallest absolute Gasteiger partial charge is 0.240 e. The Bertz CT molecular complexity index is 160. The van der Waals surface area contributed by atoms with Gasteiger partial charge in [0.2, 0.25) is 5.91 Å². The molecule has 1 aliphatic carbocycles. The third kappa shape index (κ3) is 0.525.